The molecule has 1 saturated heterocycles. The first-order valence-electron chi connectivity index (χ1n) is 8.60. The van der Waals surface area contributed by atoms with Gasteiger partial charge in [-0.3, -0.25) is 4.79 Å². The maximum absolute atomic E-state index is 12.7. The predicted molar refractivity (Wildman–Crippen MR) is 102 cm³/mol. The van der Waals surface area contributed by atoms with Crippen LogP contribution in [0.2, 0.25) is 0 Å². The number of rotatable bonds is 5. The third-order valence-electron chi connectivity index (χ3n) is 4.70. The van der Waals surface area contributed by atoms with E-state index in [0.717, 1.165) is 47.2 Å². The first-order valence-corrected chi connectivity index (χ1v) is 9.42. The third-order valence-corrected chi connectivity index (χ3v) is 5.91. The van der Waals surface area contributed by atoms with Gasteiger partial charge in [-0.15, -0.1) is 0 Å². The lowest BCUT2D eigenvalue weighted by Gasteiger charge is -2.34. The van der Waals surface area contributed by atoms with Gasteiger partial charge in [0.15, 0.2) is 5.78 Å². The summed E-state index contributed by atoms with van der Waals surface area (Å²) in [7, 11) is 0. The van der Waals surface area contributed by atoms with E-state index in [-0.39, 0.29) is 17.8 Å². The highest BCUT2D eigenvalue weighted by molar-refractivity contribution is 8.19. The number of ketones is 1. The smallest absolute Gasteiger partial charge is 0.172 e. The summed E-state index contributed by atoms with van der Waals surface area (Å²) in [5.41, 5.74) is 3.30. The second-order valence-electron chi connectivity index (χ2n) is 6.43. The molecule has 0 bridgehead atoms. The fourth-order valence-corrected chi connectivity index (χ4v) is 4.30. The van der Waals surface area contributed by atoms with Crippen LogP contribution in [0.5, 0.6) is 0 Å². The van der Waals surface area contributed by atoms with Gasteiger partial charge in [0.05, 0.1) is 17.6 Å². The molecule has 0 aromatic heterocycles. The van der Waals surface area contributed by atoms with Gasteiger partial charge in [0.25, 0.3) is 0 Å². The molecule has 2 aliphatic heterocycles. The number of carbonyl (C=O) groups excluding carboxylic acids is 1. The van der Waals surface area contributed by atoms with Crippen molar-refractivity contribution >= 4 is 22.6 Å². The minimum Gasteiger partial charge on any atom is -0.375 e. The molecule has 2 unspecified atom stereocenters. The Morgan fingerprint density at radius 3 is 2.88 bits per heavy atom. The molecule has 2 heterocycles. The van der Waals surface area contributed by atoms with Crippen molar-refractivity contribution in [3.63, 3.8) is 0 Å². The number of carbonyl (C=O) groups is 1. The molecule has 4 nitrogen and oxygen atoms in total. The molecule has 5 heteroatoms. The highest BCUT2D eigenvalue weighted by Gasteiger charge is 2.33. The molecule has 0 radical (unpaired) electrons. The van der Waals surface area contributed by atoms with E-state index in [1.807, 2.05) is 20.8 Å². The summed E-state index contributed by atoms with van der Waals surface area (Å²) in [4.78, 5) is 20.3. The zero-order valence-electron chi connectivity index (χ0n) is 15.4. The molecule has 0 aromatic rings. The van der Waals surface area contributed by atoms with Crippen molar-refractivity contribution < 1.29 is 9.53 Å². The normalized spacial score (nSPS) is 26.8. The van der Waals surface area contributed by atoms with Crippen LogP contribution < -0.4 is 0 Å². The topological polar surface area (TPSA) is 41.9 Å². The molecule has 2 atom stereocenters. The molecule has 1 fully saturated rings. The molecule has 0 N–H and O–H groups in total. The highest BCUT2D eigenvalue weighted by atomic mass is 32.2. The number of nitrogens with zero attached hydrogens (tertiary/aromatic N) is 2. The number of thioether (sulfide) groups is 1. The summed E-state index contributed by atoms with van der Waals surface area (Å²) < 4.78 is 5.65. The van der Waals surface area contributed by atoms with Crippen LogP contribution in [0.15, 0.2) is 39.5 Å². The number of hydrogen-bond acceptors (Lipinski definition) is 5. The van der Waals surface area contributed by atoms with E-state index in [4.69, 9.17) is 4.74 Å². The summed E-state index contributed by atoms with van der Waals surface area (Å²) in [5.74, 6) is 0.255. The second kappa shape index (κ2) is 8.17. The van der Waals surface area contributed by atoms with Crippen LogP contribution >= 0.6 is 11.8 Å². The van der Waals surface area contributed by atoms with Crippen molar-refractivity contribution in [2.45, 2.75) is 47.1 Å². The molecular formula is C19H28N2O2S. The van der Waals surface area contributed by atoms with E-state index in [1.165, 1.54) is 17.5 Å². The third kappa shape index (κ3) is 3.83. The first kappa shape index (κ1) is 19.0. The zero-order valence-corrected chi connectivity index (χ0v) is 16.2. The minimum atomic E-state index is 0.0375. The number of ether oxygens (including phenoxy) is 1. The van der Waals surface area contributed by atoms with Crippen molar-refractivity contribution in [3.05, 3.63) is 34.5 Å². The predicted octanol–water partition coefficient (Wildman–Crippen LogP) is 4.16. The van der Waals surface area contributed by atoms with Gasteiger partial charge in [0, 0.05) is 36.5 Å². The molecule has 24 heavy (non-hydrogen) atoms. The monoisotopic (exact) mass is 348 g/mol. The standard InChI is InChI=1S/C19H28N2O2S/c1-7-12(3)17(22)18-14(5)16(19(24-18)20-8-2)15(6)21-9-10-23-13(4)11-21/h8,12-13H,2,7,9-11H2,1,3-6H3/b16-15+,20-19?. The van der Waals surface area contributed by atoms with E-state index in [0.29, 0.717) is 0 Å². The van der Waals surface area contributed by atoms with E-state index >= 15 is 0 Å². The van der Waals surface area contributed by atoms with Gasteiger partial charge in [-0.25, -0.2) is 4.99 Å². The van der Waals surface area contributed by atoms with Gasteiger partial charge in [-0.05, 0) is 32.8 Å². The van der Waals surface area contributed by atoms with E-state index in [1.54, 1.807) is 6.20 Å². The maximum atomic E-state index is 12.7. The number of allylic oxidation sites excluding steroid dienone is 3. The van der Waals surface area contributed by atoms with Crippen LogP contribution in [0, 0.1) is 5.92 Å². The zero-order chi connectivity index (χ0) is 17.9. The fraction of sp³-hybridized carbons (Fsp3) is 0.579. The Morgan fingerprint density at radius 2 is 2.29 bits per heavy atom. The Balaban J connectivity index is 2.44. The van der Waals surface area contributed by atoms with E-state index < -0.39 is 0 Å². The maximum Gasteiger partial charge on any atom is 0.172 e. The average molecular weight is 349 g/mol. The Kier molecular flexibility index (Phi) is 6.47. The van der Waals surface area contributed by atoms with Crippen LogP contribution in [-0.4, -0.2) is 41.5 Å². The lowest BCUT2D eigenvalue weighted by Crippen LogP contribution is -2.40. The summed E-state index contributed by atoms with van der Waals surface area (Å²) in [6, 6.07) is 0. The average Bonchev–Trinajstić information content (AvgIpc) is 2.89. The Bertz CT molecular complexity index is 619. The SMILES string of the molecule is C=CN=C1SC(C(=O)C(C)CC)=C(C)/C1=C(/C)N1CCOC(C)C1. The minimum absolute atomic E-state index is 0.0375. The molecule has 0 aliphatic carbocycles. The Morgan fingerprint density at radius 1 is 1.58 bits per heavy atom. The number of Topliss-reactive ketones (excluding diaryl/α,β-unsaturated/α-hetero) is 1. The molecular weight excluding hydrogens is 320 g/mol. The Hall–Kier alpha value is -1.33. The van der Waals surface area contributed by atoms with Crippen LogP contribution in [-0.2, 0) is 9.53 Å². The Labute approximate surface area is 149 Å². The number of hydrogen-bond donors (Lipinski definition) is 0. The van der Waals surface area contributed by atoms with Crippen molar-refractivity contribution in [3.8, 4) is 0 Å². The molecule has 0 aromatic carbocycles. The molecule has 0 amide bonds. The van der Waals surface area contributed by atoms with Crippen LogP contribution in [0.3, 0.4) is 0 Å². The van der Waals surface area contributed by atoms with Crippen LogP contribution in [0.4, 0.5) is 0 Å². The summed E-state index contributed by atoms with van der Waals surface area (Å²) >= 11 is 1.49. The molecule has 0 spiro atoms. The fourth-order valence-electron chi connectivity index (χ4n) is 3.02. The summed E-state index contributed by atoms with van der Waals surface area (Å²) in [6.45, 7) is 16.5. The van der Waals surface area contributed by atoms with Crippen LogP contribution in [0.25, 0.3) is 0 Å². The van der Waals surface area contributed by atoms with Crippen molar-refractivity contribution in [1.29, 1.82) is 0 Å². The summed E-state index contributed by atoms with van der Waals surface area (Å²) in [6.07, 6.45) is 2.62. The highest BCUT2D eigenvalue weighted by Crippen LogP contribution is 2.42. The largest absolute Gasteiger partial charge is 0.375 e. The lowest BCUT2D eigenvalue weighted by molar-refractivity contribution is -0.118. The van der Waals surface area contributed by atoms with Crippen molar-refractivity contribution in [2.24, 2.45) is 10.9 Å². The van der Waals surface area contributed by atoms with Crippen molar-refractivity contribution in [1.82, 2.24) is 4.90 Å². The quantitative estimate of drug-likeness (QED) is 0.748. The van der Waals surface area contributed by atoms with E-state index in [9.17, 15) is 4.79 Å². The second-order valence-corrected chi connectivity index (χ2v) is 7.43. The number of aliphatic imine (C=N–C) groups is 1. The van der Waals surface area contributed by atoms with Crippen molar-refractivity contribution in [2.75, 3.05) is 19.7 Å². The first-order chi connectivity index (χ1) is 11.4. The molecule has 2 rings (SSSR count). The van der Waals surface area contributed by atoms with Gasteiger partial charge >= 0.3 is 0 Å². The molecule has 132 valence electrons. The molecule has 2 aliphatic rings. The van der Waals surface area contributed by atoms with Gasteiger partial charge in [-0.1, -0.05) is 32.2 Å². The summed E-state index contributed by atoms with van der Waals surface area (Å²) in [5, 5.41) is 0.880. The lowest BCUT2D eigenvalue weighted by atomic mass is 9.98. The van der Waals surface area contributed by atoms with Gasteiger partial charge < -0.3 is 9.64 Å². The van der Waals surface area contributed by atoms with Gasteiger partial charge in [-0.2, -0.15) is 0 Å². The number of morpholine rings is 1. The van der Waals surface area contributed by atoms with E-state index in [2.05, 4.69) is 30.3 Å². The van der Waals surface area contributed by atoms with Gasteiger partial charge in [0.1, 0.15) is 5.04 Å². The molecule has 0 saturated carbocycles. The van der Waals surface area contributed by atoms with Gasteiger partial charge in [0.2, 0.25) is 0 Å². The van der Waals surface area contributed by atoms with Crippen LogP contribution in [0.1, 0.15) is 41.0 Å².